The fourth-order valence-electron chi connectivity index (χ4n) is 4.90. The molecule has 1 N–H and O–H groups in total. The Morgan fingerprint density at radius 2 is 1.86 bits per heavy atom. The third kappa shape index (κ3) is 3.62. The summed E-state index contributed by atoms with van der Waals surface area (Å²) in [6, 6.07) is 12.2. The summed E-state index contributed by atoms with van der Waals surface area (Å²) in [4.78, 5) is 7.23. The van der Waals surface area contributed by atoms with Gasteiger partial charge in [0.2, 0.25) is 5.89 Å². The predicted octanol–water partition coefficient (Wildman–Crippen LogP) is 3.83. The zero-order valence-electron chi connectivity index (χ0n) is 17.1. The van der Waals surface area contributed by atoms with Gasteiger partial charge in [-0.15, -0.1) is 0 Å². The van der Waals surface area contributed by atoms with Crippen LogP contribution < -0.4 is 5.32 Å². The van der Waals surface area contributed by atoms with Gasteiger partial charge in [-0.2, -0.15) is 4.98 Å². The Kier molecular flexibility index (Phi) is 4.76. The molecule has 5 nitrogen and oxygen atoms in total. The molecule has 0 bridgehead atoms. The highest BCUT2D eigenvalue weighted by Crippen LogP contribution is 2.48. The van der Waals surface area contributed by atoms with Crippen LogP contribution in [0.15, 0.2) is 34.9 Å². The summed E-state index contributed by atoms with van der Waals surface area (Å²) < 4.78 is 5.74. The highest BCUT2D eigenvalue weighted by Gasteiger charge is 2.50. The SMILES string of the molecule is CN(C)[C@H]1CC[C@H](c2nc(C3(CN[C@H]4CC4c4ccccc4)CC3)no2)CC1. The number of nitrogens with zero attached hydrogens (tertiary/aromatic N) is 3. The molecule has 3 aliphatic carbocycles. The van der Waals surface area contributed by atoms with Crippen molar-refractivity contribution >= 4 is 0 Å². The van der Waals surface area contributed by atoms with Crippen LogP contribution in [0.3, 0.4) is 0 Å². The first kappa shape index (κ1) is 18.3. The van der Waals surface area contributed by atoms with Crippen LogP contribution in [0.2, 0.25) is 0 Å². The summed E-state index contributed by atoms with van der Waals surface area (Å²) in [5, 5.41) is 8.21. The maximum Gasteiger partial charge on any atom is 0.229 e. The normalized spacial score (nSPS) is 31.1. The molecular weight excluding hydrogens is 348 g/mol. The van der Waals surface area contributed by atoms with Crippen LogP contribution >= 0.6 is 0 Å². The summed E-state index contributed by atoms with van der Waals surface area (Å²) in [6.45, 7) is 0.980. The molecule has 150 valence electrons. The quantitative estimate of drug-likeness (QED) is 0.791. The number of hydrogen-bond acceptors (Lipinski definition) is 5. The third-order valence-corrected chi connectivity index (χ3v) is 7.27. The van der Waals surface area contributed by atoms with Crippen molar-refractivity contribution < 1.29 is 4.52 Å². The van der Waals surface area contributed by atoms with Crippen LogP contribution in [0.1, 0.15) is 74.1 Å². The maximum atomic E-state index is 5.74. The molecule has 0 amide bonds. The van der Waals surface area contributed by atoms with Crippen LogP contribution in [0, 0.1) is 0 Å². The van der Waals surface area contributed by atoms with Crippen molar-refractivity contribution in [3.05, 3.63) is 47.6 Å². The van der Waals surface area contributed by atoms with Crippen molar-refractivity contribution in [2.45, 2.75) is 74.3 Å². The minimum absolute atomic E-state index is 0.117. The van der Waals surface area contributed by atoms with Crippen molar-refractivity contribution in [1.29, 1.82) is 0 Å². The Bertz CT molecular complexity index is 790. The average molecular weight is 381 g/mol. The molecule has 0 radical (unpaired) electrons. The van der Waals surface area contributed by atoms with Gasteiger partial charge in [0, 0.05) is 35.9 Å². The number of nitrogens with one attached hydrogen (secondary N) is 1. The van der Waals surface area contributed by atoms with E-state index in [-0.39, 0.29) is 5.41 Å². The molecule has 28 heavy (non-hydrogen) atoms. The molecule has 3 fully saturated rings. The van der Waals surface area contributed by atoms with E-state index in [4.69, 9.17) is 9.51 Å². The van der Waals surface area contributed by atoms with Crippen LogP contribution in [-0.4, -0.2) is 47.8 Å². The Labute approximate surface area is 167 Å². The molecule has 1 aromatic carbocycles. The fraction of sp³-hybridized carbons (Fsp3) is 0.652. The topological polar surface area (TPSA) is 54.2 Å². The zero-order chi connectivity index (χ0) is 19.1. The van der Waals surface area contributed by atoms with Gasteiger partial charge in [-0.25, -0.2) is 0 Å². The van der Waals surface area contributed by atoms with Crippen molar-refractivity contribution in [2.75, 3.05) is 20.6 Å². The Balaban J connectivity index is 1.16. The molecule has 0 spiro atoms. The zero-order valence-corrected chi connectivity index (χ0v) is 17.1. The van der Waals surface area contributed by atoms with Gasteiger partial charge in [-0.05, 0) is 64.6 Å². The second-order valence-corrected chi connectivity index (χ2v) is 9.45. The molecular formula is C23H32N4O. The lowest BCUT2D eigenvalue weighted by molar-refractivity contribution is 0.201. The molecule has 3 saturated carbocycles. The average Bonchev–Trinajstić information content (AvgIpc) is 3.64. The second kappa shape index (κ2) is 7.27. The van der Waals surface area contributed by atoms with E-state index in [1.54, 1.807) is 0 Å². The molecule has 5 heteroatoms. The Morgan fingerprint density at radius 1 is 1.11 bits per heavy atom. The van der Waals surface area contributed by atoms with Gasteiger partial charge in [0.1, 0.15) is 0 Å². The summed E-state index contributed by atoms with van der Waals surface area (Å²) in [7, 11) is 4.36. The van der Waals surface area contributed by atoms with Gasteiger partial charge in [0.15, 0.2) is 5.82 Å². The smallest absolute Gasteiger partial charge is 0.229 e. The van der Waals surface area contributed by atoms with Crippen molar-refractivity contribution in [3.63, 3.8) is 0 Å². The highest BCUT2D eigenvalue weighted by atomic mass is 16.5. The Hall–Kier alpha value is -1.72. The molecule has 3 aliphatic rings. The van der Waals surface area contributed by atoms with E-state index in [1.165, 1.54) is 37.7 Å². The van der Waals surface area contributed by atoms with Gasteiger partial charge in [-0.3, -0.25) is 0 Å². The summed E-state index contributed by atoms with van der Waals surface area (Å²) in [5.74, 6) is 2.95. The van der Waals surface area contributed by atoms with Crippen molar-refractivity contribution in [3.8, 4) is 0 Å². The van der Waals surface area contributed by atoms with Crippen LogP contribution in [0.4, 0.5) is 0 Å². The standard InChI is InChI=1S/C23H32N4O/c1-27(2)18-10-8-17(9-11-18)21-25-22(26-28-21)23(12-13-23)15-24-20-14-19(20)16-6-4-3-5-7-16/h3-7,17-20,24H,8-15H2,1-2H3/t17-,18-,19?,20-/m0/s1. The summed E-state index contributed by atoms with van der Waals surface area (Å²) in [5.41, 5.74) is 1.58. The minimum atomic E-state index is 0.117. The third-order valence-electron chi connectivity index (χ3n) is 7.27. The number of rotatable bonds is 7. The molecule has 2 atom stereocenters. The first-order chi connectivity index (χ1) is 13.6. The van der Waals surface area contributed by atoms with E-state index in [2.05, 4.69) is 59.8 Å². The highest BCUT2D eigenvalue weighted by molar-refractivity contribution is 5.28. The molecule has 0 aliphatic heterocycles. The van der Waals surface area contributed by atoms with Crippen molar-refractivity contribution in [2.24, 2.45) is 0 Å². The van der Waals surface area contributed by atoms with Gasteiger partial charge in [-0.1, -0.05) is 35.5 Å². The molecule has 0 saturated heterocycles. The number of benzene rings is 1. The Morgan fingerprint density at radius 3 is 2.54 bits per heavy atom. The van der Waals surface area contributed by atoms with Crippen LogP contribution in [0.25, 0.3) is 0 Å². The predicted molar refractivity (Wildman–Crippen MR) is 109 cm³/mol. The lowest BCUT2D eigenvalue weighted by Crippen LogP contribution is -2.31. The van der Waals surface area contributed by atoms with E-state index in [1.807, 2.05) is 0 Å². The maximum absolute atomic E-state index is 5.74. The number of hydrogen-bond donors (Lipinski definition) is 1. The molecule has 1 heterocycles. The van der Waals surface area contributed by atoms with E-state index < -0.39 is 0 Å². The monoisotopic (exact) mass is 380 g/mol. The van der Waals surface area contributed by atoms with Crippen LogP contribution in [0.5, 0.6) is 0 Å². The minimum Gasteiger partial charge on any atom is -0.339 e. The molecule has 5 rings (SSSR count). The van der Waals surface area contributed by atoms with E-state index in [0.717, 1.165) is 31.1 Å². The van der Waals surface area contributed by atoms with E-state index in [0.29, 0.717) is 23.9 Å². The summed E-state index contributed by atoms with van der Waals surface area (Å²) in [6.07, 6.45) is 8.37. The largest absolute Gasteiger partial charge is 0.339 e. The van der Waals surface area contributed by atoms with E-state index in [9.17, 15) is 0 Å². The van der Waals surface area contributed by atoms with Gasteiger partial charge in [0.05, 0.1) is 0 Å². The molecule has 2 aromatic rings. The fourth-order valence-corrected chi connectivity index (χ4v) is 4.90. The lowest BCUT2D eigenvalue weighted by atomic mass is 9.85. The number of aromatic nitrogens is 2. The van der Waals surface area contributed by atoms with Gasteiger partial charge < -0.3 is 14.7 Å². The first-order valence-corrected chi connectivity index (χ1v) is 10.9. The van der Waals surface area contributed by atoms with Gasteiger partial charge in [0.25, 0.3) is 0 Å². The van der Waals surface area contributed by atoms with Gasteiger partial charge >= 0.3 is 0 Å². The van der Waals surface area contributed by atoms with E-state index >= 15 is 0 Å². The summed E-state index contributed by atoms with van der Waals surface area (Å²) >= 11 is 0. The first-order valence-electron chi connectivity index (χ1n) is 10.9. The molecule has 1 aromatic heterocycles. The second-order valence-electron chi connectivity index (χ2n) is 9.45. The van der Waals surface area contributed by atoms with Crippen molar-refractivity contribution in [1.82, 2.24) is 20.4 Å². The molecule has 1 unspecified atom stereocenters. The lowest BCUT2D eigenvalue weighted by Gasteiger charge is -2.31. The van der Waals surface area contributed by atoms with Crippen LogP contribution in [-0.2, 0) is 5.41 Å².